The molecule has 0 atom stereocenters. The summed E-state index contributed by atoms with van der Waals surface area (Å²) >= 11 is 0. The van der Waals surface area contributed by atoms with Gasteiger partial charge in [-0.1, -0.05) is 79.1 Å². The molecular formula is C30H30. The van der Waals surface area contributed by atoms with Crippen molar-refractivity contribution in [2.75, 3.05) is 0 Å². The van der Waals surface area contributed by atoms with Crippen molar-refractivity contribution < 1.29 is 0 Å². The molecule has 0 N–H and O–H groups in total. The van der Waals surface area contributed by atoms with Gasteiger partial charge in [0.15, 0.2) is 0 Å². The molecule has 0 aliphatic heterocycles. The lowest BCUT2D eigenvalue weighted by Crippen LogP contribution is -2.09. The van der Waals surface area contributed by atoms with E-state index >= 15 is 0 Å². The van der Waals surface area contributed by atoms with E-state index in [4.69, 9.17) is 0 Å². The number of benzene rings is 3. The second-order valence-corrected chi connectivity index (χ2v) is 9.47. The quantitative estimate of drug-likeness (QED) is 0.411. The minimum absolute atomic E-state index is 0.739. The van der Waals surface area contributed by atoms with E-state index < -0.39 is 0 Å². The molecule has 3 aliphatic rings. The molecule has 0 radical (unpaired) electrons. The third kappa shape index (κ3) is 2.81. The van der Waals surface area contributed by atoms with E-state index in [1.807, 2.05) is 0 Å². The molecule has 0 unspecified atom stereocenters. The highest BCUT2D eigenvalue weighted by Crippen LogP contribution is 2.47. The van der Waals surface area contributed by atoms with E-state index in [0.29, 0.717) is 0 Å². The summed E-state index contributed by atoms with van der Waals surface area (Å²) in [6, 6.07) is 18.5. The number of aryl methyl sites for hydroxylation is 2. The standard InChI is InChI=1S/C30H30/c1-20-19-28(21-9-3-2-4-10-21)30-26-16-15-22-11-7-8-14-24(22)25(26)17-18-27(30)29(20)23-12-5-6-13-23/h2-4,8-10,14,17-19,23H,5-7,11-13,15-16H2,1H3. The van der Waals surface area contributed by atoms with Crippen molar-refractivity contribution in [1.82, 2.24) is 0 Å². The Hall–Kier alpha value is -2.60. The Balaban J connectivity index is 1.69. The van der Waals surface area contributed by atoms with Gasteiger partial charge in [-0.3, -0.25) is 0 Å². The van der Waals surface area contributed by atoms with Gasteiger partial charge in [0, 0.05) is 0 Å². The van der Waals surface area contributed by atoms with Crippen LogP contribution in [0.3, 0.4) is 0 Å². The molecular weight excluding hydrogens is 360 g/mol. The molecule has 0 amide bonds. The second-order valence-electron chi connectivity index (χ2n) is 9.47. The molecule has 3 aromatic carbocycles. The van der Waals surface area contributed by atoms with Crippen molar-refractivity contribution >= 4 is 16.3 Å². The zero-order chi connectivity index (χ0) is 20.1. The number of allylic oxidation sites excluding steroid dienone is 4. The molecule has 3 aliphatic carbocycles. The molecule has 30 heavy (non-hydrogen) atoms. The first-order valence-electron chi connectivity index (χ1n) is 11.8. The summed E-state index contributed by atoms with van der Waals surface area (Å²) in [5.74, 6) is 0.739. The van der Waals surface area contributed by atoms with Gasteiger partial charge in [0.2, 0.25) is 0 Å². The van der Waals surface area contributed by atoms with E-state index in [1.165, 1.54) is 90.0 Å². The third-order valence-corrected chi connectivity index (χ3v) is 7.75. The molecule has 1 fully saturated rings. The van der Waals surface area contributed by atoms with Crippen molar-refractivity contribution in [3.8, 4) is 11.1 Å². The van der Waals surface area contributed by atoms with Gasteiger partial charge in [0.25, 0.3) is 0 Å². The summed E-state index contributed by atoms with van der Waals surface area (Å²) in [6.07, 6.45) is 15.1. The number of hydrogen-bond acceptors (Lipinski definition) is 0. The molecule has 0 heterocycles. The topological polar surface area (TPSA) is 0 Å². The van der Waals surface area contributed by atoms with Crippen LogP contribution in [0.25, 0.3) is 27.5 Å². The Morgan fingerprint density at radius 3 is 2.50 bits per heavy atom. The summed E-state index contributed by atoms with van der Waals surface area (Å²) in [5, 5.41) is 3.07. The maximum absolute atomic E-state index is 2.51. The summed E-state index contributed by atoms with van der Waals surface area (Å²) < 4.78 is 0. The first-order chi connectivity index (χ1) is 14.8. The number of hydrogen-bond donors (Lipinski definition) is 0. The minimum Gasteiger partial charge on any atom is -0.0836 e. The van der Waals surface area contributed by atoms with Crippen LogP contribution < -0.4 is 0 Å². The third-order valence-electron chi connectivity index (χ3n) is 7.75. The second kappa shape index (κ2) is 7.27. The molecule has 0 saturated heterocycles. The van der Waals surface area contributed by atoms with E-state index in [9.17, 15) is 0 Å². The minimum atomic E-state index is 0.739. The summed E-state index contributed by atoms with van der Waals surface area (Å²) in [4.78, 5) is 0. The van der Waals surface area contributed by atoms with Crippen molar-refractivity contribution in [1.29, 1.82) is 0 Å². The largest absolute Gasteiger partial charge is 0.0836 e. The van der Waals surface area contributed by atoms with Gasteiger partial charge in [0.05, 0.1) is 0 Å². The Labute approximate surface area is 180 Å². The van der Waals surface area contributed by atoms with Crippen LogP contribution >= 0.6 is 0 Å². The molecule has 0 spiro atoms. The average Bonchev–Trinajstić information content (AvgIpc) is 3.33. The summed E-state index contributed by atoms with van der Waals surface area (Å²) in [5.41, 5.74) is 12.2. The van der Waals surface area contributed by atoms with E-state index in [0.717, 1.165) is 5.92 Å². The van der Waals surface area contributed by atoms with Gasteiger partial charge >= 0.3 is 0 Å². The van der Waals surface area contributed by atoms with Gasteiger partial charge in [-0.25, -0.2) is 0 Å². The lowest BCUT2D eigenvalue weighted by molar-refractivity contribution is 0.724. The Morgan fingerprint density at radius 2 is 1.67 bits per heavy atom. The van der Waals surface area contributed by atoms with Crippen LogP contribution in [0.1, 0.15) is 73.1 Å². The molecule has 1 saturated carbocycles. The number of fused-ring (bicyclic) bond motifs is 4. The van der Waals surface area contributed by atoms with Gasteiger partial charge in [-0.05, 0) is 101 Å². The zero-order valence-corrected chi connectivity index (χ0v) is 18.0. The monoisotopic (exact) mass is 390 g/mol. The summed E-state index contributed by atoms with van der Waals surface area (Å²) in [7, 11) is 0. The molecule has 0 aromatic heterocycles. The molecule has 0 nitrogen and oxygen atoms in total. The maximum Gasteiger partial charge on any atom is -0.00639 e. The summed E-state index contributed by atoms with van der Waals surface area (Å²) in [6.45, 7) is 2.35. The average molecular weight is 391 g/mol. The highest BCUT2D eigenvalue weighted by atomic mass is 14.3. The first-order valence-corrected chi connectivity index (χ1v) is 11.8. The molecule has 6 rings (SSSR count). The smallest absolute Gasteiger partial charge is 0.00639 e. The highest BCUT2D eigenvalue weighted by Gasteiger charge is 2.27. The fourth-order valence-electron chi connectivity index (χ4n) is 6.40. The Bertz CT molecular complexity index is 1180. The van der Waals surface area contributed by atoms with Crippen molar-refractivity contribution in [2.24, 2.45) is 0 Å². The van der Waals surface area contributed by atoms with Gasteiger partial charge in [0.1, 0.15) is 0 Å². The van der Waals surface area contributed by atoms with Crippen LogP contribution in [0.15, 0.2) is 66.3 Å². The van der Waals surface area contributed by atoms with Crippen LogP contribution in [-0.4, -0.2) is 0 Å². The molecule has 3 aromatic rings. The Morgan fingerprint density at radius 1 is 0.833 bits per heavy atom. The lowest BCUT2D eigenvalue weighted by atomic mass is 9.76. The predicted molar refractivity (Wildman–Crippen MR) is 129 cm³/mol. The normalized spacial score (nSPS) is 18.7. The highest BCUT2D eigenvalue weighted by molar-refractivity contribution is 6.05. The van der Waals surface area contributed by atoms with E-state index in [1.54, 1.807) is 16.7 Å². The molecule has 0 heteroatoms. The first kappa shape index (κ1) is 18.2. The van der Waals surface area contributed by atoms with Gasteiger partial charge in [-0.2, -0.15) is 0 Å². The van der Waals surface area contributed by atoms with Crippen molar-refractivity contribution in [3.63, 3.8) is 0 Å². The van der Waals surface area contributed by atoms with E-state index in [2.05, 4.69) is 67.6 Å². The van der Waals surface area contributed by atoms with Crippen LogP contribution in [0, 0.1) is 6.92 Å². The molecule has 150 valence electrons. The fraction of sp³-hybridized carbons (Fsp3) is 0.333. The van der Waals surface area contributed by atoms with Crippen LogP contribution in [0.4, 0.5) is 0 Å². The predicted octanol–water partition coefficient (Wildman–Crippen LogP) is 8.52. The Kier molecular flexibility index (Phi) is 4.41. The zero-order valence-electron chi connectivity index (χ0n) is 18.0. The van der Waals surface area contributed by atoms with Crippen LogP contribution in [0.2, 0.25) is 0 Å². The lowest BCUT2D eigenvalue weighted by Gasteiger charge is -2.28. The van der Waals surface area contributed by atoms with E-state index in [-0.39, 0.29) is 0 Å². The van der Waals surface area contributed by atoms with Gasteiger partial charge in [-0.15, -0.1) is 0 Å². The SMILES string of the molecule is Cc1cc(-c2ccccc2)c2c3c(ccc2c1C1CCCC1)C1=C(CCC=C1)CC3. The fourth-order valence-corrected chi connectivity index (χ4v) is 6.40. The van der Waals surface area contributed by atoms with Crippen molar-refractivity contribution in [3.05, 3.63) is 88.5 Å². The number of rotatable bonds is 2. The molecule has 0 bridgehead atoms. The van der Waals surface area contributed by atoms with Gasteiger partial charge < -0.3 is 0 Å². The maximum atomic E-state index is 2.51. The van der Waals surface area contributed by atoms with Crippen LogP contribution in [-0.2, 0) is 6.42 Å². The van der Waals surface area contributed by atoms with Crippen LogP contribution in [0.5, 0.6) is 0 Å². The van der Waals surface area contributed by atoms with Crippen molar-refractivity contribution in [2.45, 2.75) is 64.2 Å².